The third-order valence-corrected chi connectivity index (χ3v) is 2.35. The van der Waals surface area contributed by atoms with Crippen LogP contribution < -0.4 is 0 Å². The Kier molecular flexibility index (Phi) is 3.01. The maximum absolute atomic E-state index is 11.3. The molecule has 0 aromatic carbocycles. The largest absolute Gasteiger partial charge is 0.367 e. The first-order chi connectivity index (χ1) is 7.70. The highest BCUT2D eigenvalue weighted by Gasteiger charge is 2.24. The summed E-state index contributed by atoms with van der Waals surface area (Å²) in [5.74, 6) is -0.345. The van der Waals surface area contributed by atoms with E-state index in [1.54, 1.807) is 12.1 Å². The molecular weight excluding hydrogens is 228 g/mol. The minimum atomic E-state index is -0.487. The molecule has 0 unspecified atom stereocenters. The molecule has 1 aromatic rings. The second-order valence-corrected chi connectivity index (χ2v) is 3.58. The molecule has 0 N–H and O–H groups in total. The van der Waals surface area contributed by atoms with Crippen molar-refractivity contribution in [1.82, 2.24) is 4.98 Å². The molecule has 0 amide bonds. The van der Waals surface area contributed by atoms with Gasteiger partial charge in [-0.2, -0.15) is 0 Å². The van der Waals surface area contributed by atoms with E-state index in [4.69, 9.17) is 11.6 Å². The molecule has 0 saturated carbocycles. The van der Waals surface area contributed by atoms with E-state index in [2.05, 4.69) is 15.0 Å². The first kappa shape index (κ1) is 10.8. The normalized spacial score (nSPS) is 17.5. The molecule has 16 heavy (non-hydrogen) atoms. The zero-order valence-electron chi connectivity index (χ0n) is 8.61. The zero-order valence-corrected chi connectivity index (χ0v) is 9.36. The highest BCUT2D eigenvalue weighted by molar-refractivity contribution is 6.38. The smallest absolute Gasteiger partial charge is 0.312 e. The van der Waals surface area contributed by atoms with E-state index in [0.717, 1.165) is 5.69 Å². The number of rotatable bonds is 2. The van der Waals surface area contributed by atoms with E-state index in [9.17, 15) is 4.79 Å². The molecule has 4 nitrogen and oxygen atoms in total. The second-order valence-electron chi connectivity index (χ2n) is 3.31. The first-order valence-corrected chi connectivity index (χ1v) is 5.24. The van der Waals surface area contributed by atoms with Crippen molar-refractivity contribution >= 4 is 29.4 Å². The third-order valence-electron chi connectivity index (χ3n) is 2.10. The molecule has 0 aliphatic carbocycles. The fourth-order valence-corrected chi connectivity index (χ4v) is 1.54. The van der Waals surface area contributed by atoms with Crippen molar-refractivity contribution < 1.29 is 9.63 Å². The molecule has 1 aliphatic rings. The summed E-state index contributed by atoms with van der Waals surface area (Å²) in [6.45, 7) is 1.88. The van der Waals surface area contributed by atoms with Crippen molar-refractivity contribution in [1.29, 1.82) is 0 Å². The van der Waals surface area contributed by atoms with Gasteiger partial charge in [0.2, 0.25) is 0 Å². The quantitative estimate of drug-likeness (QED) is 0.448. The monoisotopic (exact) mass is 236 g/mol. The van der Waals surface area contributed by atoms with Crippen molar-refractivity contribution in [2.45, 2.75) is 6.92 Å². The molecule has 0 radical (unpaired) electrons. The van der Waals surface area contributed by atoms with Crippen LogP contribution in [0.4, 0.5) is 0 Å². The summed E-state index contributed by atoms with van der Waals surface area (Å²) in [5, 5.41) is 3.57. The predicted molar refractivity (Wildman–Crippen MR) is 61.2 cm³/mol. The fraction of sp³-hybridized carbons (Fsp3) is 0.182. The van der Waals surface area contributed by atoms with Crippen LogP contribution in [0.3, 0.4) is 0 Å². The minimum Gasteiger partial charge on any atom is -0.312 e. The van der Waals surface area contributed by atoms with Crippen LogP contribution in [-0.2, 0) is 9.63 Å². The summed E-state index contributed by atoms with van der Waals surface area (Å²) in [6, 6.07) is 5.55. The second kappa shape index (κ2) is 4.45. The van der Waals surface area contributed by atoms with Crippen LogP contribution in [0.5, 0.6) is 0 Å². The van der Waals surface area contributed by atoms with Crippen LogP contribution in [0.25, 0.3) is 6.08 Å². The Morgan fingerprint density at radius 2 is 2.31 bits per heavy atom. The molecule has 1 aliphatic heterocycles. The number of carbonyl (C=O) groups is 1. The number of aromatic nitrogens is 1. The highest BCUT2D eigenvalue weighted by atomic mass is 35.5. The molecule has 5 heteroatoms. The summed E-state index contributed by atoms with van der Waals surface area (Å²) in [7, 11) is 0. The Bertz CT molecular complexity index is 495. The summed E-state index contributed by atoms with van der Waals surface area (Å²) in [5.41, 5.74) is 2.37. The van der Waals surface area contributed by atoms with Gasteiger partial charge in [-0.15, -0.1) is 11.6 Å². The molecule has 0 fully saturated rings. The zero-order chi connectivity index (χ0) is 11.5. The van der Waals surface area contributed by atoms with E-state index < -0.39 is 5.97 Å². The minimum absolute atomic E-state index is 0.142. The molecule has 1 aromatic heterocycles. The van der Waals surface area contributed by atoms with Crippen LogP contribution >= 0.6 is 11.6 Å². The topological polar surface area (TPSA) is 51.5 Å². The van der Waals surface area contributed by atoms with Crippen LogP contribution in [0.1, 0.15) is 11.4 Å². The van der Waals surface area contributed by atoms with Gasteiger partial charge in [-0.3, -0.25) is 4.98 Å². The van der Waals surface area contributed by atoms with Gasteiger partial charge in [0.05, 0.1) is 17.1 Å². The van der Waals surface area contributed by atoms with Crippen molar-refractivity contribution in [3.8, 4) is 0 Å². The van der Waals surface area contributed by atoms with Crippen molar-refractivity contribution in [2.24, 2.45) is 5.16 Å². The number of hydrogen-bond acceptors (Lipinski definition) is 4. The Labute approximate surface area is 97.6 Å². The van der Waals surface area contributed by atoms with Gasteiger partial charge >= 0.3 is 5.97 Å². The van der Waals surface area contributed by atoms with E-state index in [-0.39, 0.29) is 5.88 Å². The molecular formula is C11H9ClN2O2. The summed E-state index contributed by atoms with van der Waals surface area (Å²) < 4.78 is 0. The number of halogens is 1. The van der Waals surface area contributed by atoms with E-state index in [1.165, 1.54) is 0 Å². The number of nitrogens with zero attached hydrogens (tertiary/aromatic N) is 2. The van der Waals surface area contributed by atoms with Crippen LogP contribution in [-0.4, -0.2) is 22.5 Å². The Balaban J connectivity index is 2.37. The Hall–Kier alpha value is -1.68. The van der Waals surface area contributed by atoms with Gasteiger partial charge in [0.15, 0.2) is 0 Å². The van der Waals surface area contributed by atoms with Crippen LogP contribution in [0, 0.1) is 6.92 Å². The number of pyridine rings is 1. The predicted octanol–water partition coefficient (Wildman–Crippen LogP) is 1.93. The summed E-state index contributed by atoms with van der Waals surface area (Å²) >= 11 is 5.64. The van der Waals surface area contributed by atoms with E-state index in [1.807, 2.05) is 19.1 Å². The molecule has 2 rings (SSSR count). The maximum Gasteiger partial charge on any atom is 0.367 e. The molecule has 2 heterocycles. The molecule has 0 atom stereocenters. The lowest BCUT2D eigenvalue weighted by Crippen LogP contribution is -2.06. The van der Waals surface area contributed by atoms with Crippen LogP contribution in [0.2, 0.25) is 0 Å². The van der Waals surface area contributed by atoms with E-state index in [0.29, 0.717) is 17.0 Å². The number of carbonyl (C=O) groups excluding carboxylic acids is 1. The number of alkyl halides is 1. The van der Waals surface area contributed by atoms with E-state index >= 15 is 0 Å². The molecule has 0 saturated heterocycles. The molecule has 82 valence electrons. The van der Waals surface area contributed by atoms with Crippen molar-refractivity contribution in [3.63, 3.8) is 0 Å². The molecule has 0 spiro atoms. The van der Waals surface area contributed by atoms with Gasteiger partial charge in [-0.25, -0.2) is 4.79 Å². The first-order valence-electron chi connectivity index (χ1n) is 4.70. The van der Waals surface area contributed by atoms with Gasteiger partial charge in [0, 0.05) is 5.69 Å². The summed E-state index contributed by atoms with van der Waals surface area (Å²) in [4.78, 5) is 20.1. The van der Waals surface area contributed by atoms with Gasteiger partial charge in [-0.05, 0) is 25.1 Å². The van der Waals surface area contributed by atoms with Crippen molar-refractivity contribution in [2.75, 3.05) is 5.88 Å². The average molecular weight is 237 g/mol. The fourth-order valence-electron chi connectivity index (χ4n) is 1.34. The maximum atomic E-state index is 11.3. The lowest BCUT2D eigenvalue weighted by atomic mass is 10.1. The third kappa shape index (κ3) is 2.12. The lowest BCUT2D eigenvalue weighted by Gasteiger charge is -1.97. The highest BCUT2D eigenvalue weighted by Crippen LogP contribution is 2.15. The van der Waals surface area contributed by atoms with Gasteiger partial charge in [0.25, 0.3) is 0 Å². The molecule has 0 bridgehead atoms. The number of hydrogen-bond donors (Lipinski definition) is 0. The van der Waals surface area contributed by atoms with Gasteiger partial charge in [-0.1, -0.05) is 11.2 Å². The Morgan fingerprint density at radius 1 is 1.50 bits per heavy atom. The van der Waals surface area contributed by atoms with Gasteiger partial charge < -0.3 is 4.84 Å². The standard InChI is InChI=1S/C11H9ClN2O2/c1-7-3-2-4-8(13-7)5-9-10(6-12)14-16-11(9)15/h2-5H,6H2,1H3/b9-5+. The average Bonchev–Trinajstić information content (AvgIpc) is 2.60. The number of oxime groups is 1. The van der Waals surface area contributed by atoms with Gasteiger partial charge in [0.1, 0.15) is 5.71 Å². The summed E-state index contributed by atoms with van der Waals surface area (Å²) in [6.07, 6.45) is 1.63. The SMILES string of the molecule is Cc1cccc(/C=C2/C(=O)ON=C2CCl)n1. The van der Waals surface area contributed by atoms with Crippen LogP contribution in [0.15, 0.2) is 28.9 Å². The Morgan fingerprint density at radius 3 is 3.00 bits per heavy atom. The number of aryl methyl sites for hydroxylation is 1. The van der Waals surface area contributed by atoms with Crippen molar-refractivity contribution in [3.05, 3.63) is 35.2 Å². The lowest BCUT2D eigenvalue weighted by molar-refractivity contribution is -0.136.